The van der Waals surface area contributed by atoms with E-state index < -0.39 is 5.91 Å². The molecule has 0 spiro atoms. The molecular weight excluding hydrogens is 236 g/mol. The van der Waals surface area contributed by atoms with Crippen molar-refractivity contribution in [2.24, 2.45) is 5.92 Å². The summed E-state index contributed by atoms with van der Waals surface area (Å²) in [5, 5.41) is 8.67. The number of nitrogens with two attached hydrogens (primary N) is 1. The first-order valence-electron chi connectivity index (χ1n) is 5.60. The number of rotatable bonds is 5. The molecule has 0 fully saturated rings. The third-order valence-electron chi connectivity index (χ3n) is 2.14. The van der Waals surface area contributed by atoms with Crippen LogP contribution in [0, 0.1) is 5.92 Å². The number of anilines is 1. The molecule has 1 rings (SSSR count). The second-order valence-corrected chi connectivity index (χ2v) is 4.40. The van der Waals surface area contributed by atoms with Crippen molar-refractivity contribution in [3.63, 3.8) is 0 Å². The second kappa shape index (κ2) is 5.99. The van der Waals surface area contributed by atoms with Crippen LogP contribution in [0.15, 0.2) is 0 Å². The summed E-state index contributed by atoms with van der Waals surface area (Å²) in [4.78, 5) is 28.3. The Bertz CT molecular complexity index is 428. The predicted molar refractivity (Wildman–Crippen MR) is 65.6 cm³/mol. The highest BCUT2D eigenvalue weighted by atomic mass is 16.2. The van der Waals surface area contributed by atoms with Crippen molar-refractivity contribution in [1.29, 1.82) is 0 Å². The highest BCUT2D eigenvalue weighted by molar-refractivity contribution is 5.93. The number of aromatic amines is 1. The maximum atomic E-state index is 11.8. The first-order valence-corrected chi connectivity index (χ1v) is 5.60. The minimum atomic E-state index is -0.432. The fraction of sp³-hybridized carbons (Fsp3) is 0.600. The number of hydrogen-bond acceptors (Lipinski definition) is 5. The van der Waals surface area contributed by atoms with Crippen molar-refractivity contribution in [3.05, 3.63) is 5.82 Å². The van der Waals surface area contributed by atoms with Gasteiger partial charge in [-0.3, -0.25) is 14.7 Å². The molecule has 1 aromatic rings. The molecule has 1 aromatic heterocycles. The Hall–Kier alpha value is -2.12. The normalized spacial score (nSPS) is 10.4. The Morgan fingerprint density at radius 1 is 1.50 bits per heavy atom. The van der Waals surface area contributed by atoms with Gasteiger partial charge >= 0.3 is 0 Å². The lowest BCUT2D eigenvalue weighted by Crippen LogP contribution is -2.39. The fourth-order valence-electron chi connectivity index (χ4n) is 1.21. The third kappa shape index (κ3) is 4.04. The van der Waals surface area contributed by atoms with Gasteiger partial charge in [-0.2, -0.15) is 4.98 Å². The predicted octanol–water partition coefficient (Wildman–Crippen LogP) is -0.769. The lowest BCUT2D eigenvalue weighted by Gasteiger charge is -2.15. The van der Waals surface area contributed by atoms with E-state index in [1.165, 1.54) is 11.9 Å². The smallest absolute Gasteiger partial charge is 0.291 e. The topological polar surface area (TPSA) is 117 Å². The maximum Gasteiger partial charge on any atom is 0.291 e. The molecule has 0 saturated heterocycles. The number of hydrogen-bond donors (Lipinski definition) is 3. The van der Waals surface area contributed by atoms with E-state index in [1.54, 1.807) is 0 Å². The van der Waals surface area contributed by atoms with Gasteiger partial charge in [0.1, 0.15) is 0 Å². The van der Waals surface area contributed by atoms with E-state index >= 15 is 0 Å². The molecule has 18 heavy (non-hydrogen) atoms. The first kappa shape index (κ1) is 13.9. The van der Waals surface area contributed by atoms with E-state index in [0.29, 0.717) is 12.5 Å². The van der Waals surface area contributed by atoms with Gasteiger partial charge in [0.25, 0.3) is 5.91 Å². The lowest BCUT2D eigenvalue weighted by atomic mass is 10.2. The van der Waals surface area contributed by atoms with Gasteiger partial charge in [-0.05, 0) is 5.92 Å². The van der Waals surface area contributed by atoms with Crippen molar-refractivity contribution in [2.75, 3.05) is 25.9 Å². The zero-order chi connectivity index (χ0) is 13.7. The van der Waals surface area contributed by atoms with Crippen LogP contribution < -0.4 is 11.1 Å². The number of nitrogens with zero attached hydrogens (tertiary/aromatic N) is 3. The molecule has 1 heterocycles. The monoisotopic (exact) mass is 254 g/mol. The highest BCUT2D eigenvalue weighted by Gasteiger charge is 2.18. The van der Waals surface area contributed by atoms with E-state index in [-0.39, 0.29) is 24.2 Å². The van der Waals surface area contributed by atoms with Gasteiger partial charge in [0.15, 0.2) is 0 Å². The average molecular weight is 254 g/mol. The van der Waals surface area contributed by atoms with E-state index in [4.69, 9.17) is 5.73 Å². The van der Waals surface area contributed by atoms with E-state index in [9.17, 15) is 9.59 Å². The highest BCUT2D eigenvalue weighted by Crippen LogP contribution is 1.98. The largest absolute Gasteiger partial charge is 0.366 e. The summed E-state index contributed by atoms with van der Waals surface area (Å²) in [7, 11) is 1.51. The van der Waals surface area contributed by atoms with Gasteiger partial charge in [0, 0.05) is 13.6 Å². The Morgan fingerprint density at radius 3 is 2.67 bits per heavy atom. The number of H-pyrrole nitrogens is 1. The van der Waals surface area contributed by atoms with Crippen molar-refractivity contribution in [2.45, 2.75) is 13.8 Å². The third-order valence-corrected chi connectivity index (χ3v) is 2.14. The number of amides is 2. The summed E-state index contributed by atoms with van der Waals surface area (Å²) < 4.78 is 0. The Kier molecular flexibility index (Phi) is 4.64. The van der Waals surface area contributed by atoms with E-state index in [2.05, 4.69) is 20.5 Å². The van der Waals surface area contributed by atoms with Crippen LogP contribution in [0.5, 0.6) is 0 Å². The number of aromatic nitrogens is 3. The zero-order valence-corrected chi connectivity index (χ0v) is 10.7. The molecular formula is C10H18N6O2. The lowest BCUT2D eigenvalue weighted by molar-refractivity contribution is -0.121. The molecule has 0 radical (unpaired) electrons. The molecule has 8 heteroatoms. The number of nitrogens with one attached hydrogen (secondary N) is 2. The van der Waals surface area contributed by atoms with E-state index in [0.717, 1.165) is 0 Å². The first-order chi connectivity index (χ1) is 8.40. The molecule has 0 aliphatic carbocycles. The molecule has 0 atom stereocenters. The Labute approximate surface area is 105 Å². The van der Waals surface area contributed by atoms with Crippen LogP contribution in [0.3, 0.4) is 0 Å². The average Bonchev–Trinajstić information content (AvgIpc) is 2.72. The molecule has 0 unspecified atom stereocenters. The van der Waals surface area contributed by atoms with Crippen molar-refractivity contribution in [1.82, 2.24) is 25.4 Å². The van der Waals surface area contributed by atoms with Crippen molar-refractivity contribution in [3.8, 4) is 0 Å². The molecule has 100 valence electrons. The van der Waals surface area contributed by atoms with Gasteiger partial charge < -0.3 is 16.0 Å². The van der Waals surface area contributed by atoms with Crippen molar-refractivity contribution < 1.29 is 9.59 Å². The van der Waals surface area contributed by atoms with Gasteiger partial charge in [-0.15, -0.1) is 5.10 Å². The van der Waals surface area contributed by atoms with Crippen LogP contribution in [0.4, 0.5) is 5.95 Å². The van der Waals surface area contributed by atoms with Crippen LogP contribution in [-0.2, 0) is 4.79 Å². The molecule has 0 aliphatic heterocycles. The second-order valence-electron chi connectivity index (χ2n) is 4.40. The van der Waals surface area contributed by atoms with Gasteiger partial charge in [0.2, 0.25) is 17.7 Å². The Morgan fingerprint density at radius 2 is 2.17 bits per heavy atom. The number of likely N-dealkylation sites (N-methyl/N-ethyl adjacent to an activating group) is 1. The summed E-state index contributed by atoms with van der Waals surface area (Å²) in [6.45, 7) is 4.53. The van der Waals surface area contributed by atoms with Crippen molar-refractivity contribution >= 4 is 17.8 Å². The summed E-state index contributed by atoms with van der Waals surface area (Å²) in [6.07, 6.45) is 0. The molecule has 2 amide bonds. The molecule has 0 aromatic carbocycles. The quantitative estimate of drug-likeness (QED) is 0.638. The standard InChI is InChI=1S/C10H18N6O2/c1-6(2)4-12-7(17)5-16(3)9(18)8-13-10(11)15-14-8/h6H,4-5H2,1-3H3,(H,12,17)(H3,11,13,14,15). The SMILES string of the molecule is CC(C)CNC(=O)CN(C)C(=O)c1nc(N)n[nH]1. The van der Waals surface area contributed by atoms with Gasteiger partial charge in [0.05, 0.1) is 6.54 Å². The number of carbonyl (C=O) groups is 2. The summed E-state index contributed by atoms with van der Waals surface area (Å²) in [5.41, 5.74) is 5.30. The molecule has 0 bridgehead atoms. The molecule has 0 saturated carbocycles. The maximum absolute atomic E-state index is 11.8. The summed E-state index contributed by atoms with van der Waals surface area (Å²) >= 11 is 0. The van der Waals surface area contributed by atoms with E-state index in [1.807, 2.05) is 13.8 Å². The van der Waals surface area contributed by atoms with Gasteiger partial charge in [-0.1, -0.05) is 13.8 Å². The summed E-state index contributed by atoms with van der Waals surface area (Å²) in [6, 6.07) is 0. The molecule has 0 aliphatic rings. The van der Waals surface area contributed by atoms with Gasteiger partial charge in [-0.25, -0.2) is 0 Å². The molecule has 4 N–H and O–H groups in total. The number of carbonyl (C=O) groups excluding carboxylic acids is 2. The summed E-state index contributed by atoms with van der Waals surface area (Å²) in [5.74, 6) is -0.266. The zero-order valence-electron chi connectivity index (χ0n) is 10.7. The number of nitrogen functional groups attached to an aromatic ring is 1. The minimum Gasteiger partial charge on any atom is -0.366 e. The fourth-order valence-corrected chi connectivity index (χ4v) is 1.21. The van der Waals surface area contributed by atoms with Crippen LogP contribution >= 0.6 is 0 Å². The Balaban J connectivity index is 2.47. The van der Waals surface area contributed by atoms with Crippen LogP contribution in [0.2, 0.25) is 0 Å². The van der Waals surface area contributed by atoms with Crippen LogP contribution in [0.25, 0.3) is 0 Å². The van der Waals surface area contributed by atoms with Crippen LogP contribution in [-0.4, -0.2) is 52.0 Å². The molecule has 8 nitrogen and oxygen atoms in total. The van der Waals surface area contributed by atoms with Crippen LogP contribution in [0.1, 0.15) is 24.5 Å². The minimum absolute atomic E-state index is 0.00370.